The van der Waals surface area contributed by atoms with E-state index in [9.17, 15) is 9.90 Å². The summed E-state index contributed by atoms with van der Waals surface area (Å²) in [6.45, 7) is 8.01. The topological polar surface area (TPSA) is 68.0 Å². The predicted octanol–water partition coefficient (Wildman–Crippen LogP) is 4.50. The van der Waals surface area contributed by atoms with Gasteiger partial charge in [0.2, 0.25) is 0 Å². The van der Waals surface area contributed by atoms with Crippen molar-refractivity contribution in [2.45, 2.75) is 85.1 Å². The van der Waals surface area contributed by atoms with Gasteiger partial charge in [0.15, 0.2) is 5.78 Å². The van der Waals surface area contributed by atoms with Gasteiger partial charge in [0, 0.05) is 12.5 Å². The molecule has 0 aromatic carbocycles. The molecule has 3 saturated carbocycles. The fourth-order valence-corrected chi connectivity index (χ4v) is 8.07. The number of carbonyl (C=O) groups excluding carboxylic acids is 1. The molecule has 5 heteroatoms. The zero-order valence-corrected chi connectivity index (χ0v) is 18.5. The second kappa shape index (κ2) is 8.13. The van der Waals surface area contributed by atoms with Gasteiger partial charge in [-0.05, 0) is 85.9 Å². The van der Waals surface area contributed by atoms with Crippen molar-refractivity contribution in [1.29, 1.82) is 0 Å². The lowest BCUT2D eigenvalue weighted by atomic mass is 9.44. The van der Waals surface area contributed by atoms with Crippen LogP contribution < -0.4 is 0 Å². The van der Waals surface area contributed by atoms with Crippen LogP contribution in [0.4, 0.5) is 0 Å². The summed E-state index contributed by atoms with van der Waals surface area (Å²) in [6, 6.07) is 0. The molecule has 1 heterocycles. The molecule has 0 unspecified atom stereocenters. The van der Waals surface area contributed by atoms with Crippen LogP contribution in [0.2, 0.25) is 0 Å². The summed E-state index contributed by atoms with van der Waals surface area (Å²) in [6.07, 6.45) is 13.8. The highest BCUT2D eigenvalue weighted by Crippen LogP contribution is 2.68. The van der Waals surface area contributed by atoms with Gasteiger partial charge in [0.1, 0.15) is 19.2 Å². The van der Waals surface area contributed by atoms with E-state index in [1.165, 1.54) is 51.3 Å². The Morgan fingerprint density at radius 3 is 2.55 bits per heavy atom. The third-order valence-corrected chi connectivity index (χ3v) is 9.58. The first-order chi connectivity index (χ1) is 13.9. The van der Waals surface area contributed by atoms with Crippen LogP contribution in [0.3, 0.4) is 0 Å². The number of fused-ring (bicyclic) bond motifs is 3. The van der Waals surface area contributed by atoms with Gasteiger partial charge in [0.25, 0.3) is 0 Å². The lowest BCUT2D eigenvalue weighted by molar-refractivity contribution is -0.139. The van der Waals surface area contributed by atoms with Crippen molar-refractivity contribution in [1.82, 2.24) is 14.8 Å². The molecule has 7 atom stereocenters. The van der Waals surface area contributed by atoms with Gasteiger partial charge in [-0.15, -0.1) is 0 Å². The van der Waals surface area contributed by atoms with Crippen LogP contribution >= 0.6 is 0 Å². The highest BCUT2D eigenvalue weighted by molar-refractivity contribution is 5.82. The number of rotatable bonds is 7. The van der Waals surface area contributed by atoms with E-state index in [4.69, 9.17) is 0 Å². The number of Topliss-reactive ketones (excluding diaryl/α,β-unsaturated/α-hetero) is 1. The van der Waals surface area contributed by atoms with Gasteiger partial charge in [-0.25, -0.2) is 9.67 Å². The largest absolute Gasteiger partial charge is 0.396 e. The molecular weight excluding hydrogens is 362 g/mol. The van der Waals surface area contributed by atoms with Gasteiger partial charge in [0.05, 0.1) is 0 Å². The molecule has 0 aliphatic heterocycles. The van der Waals surface area contributed by atoms with Crippen molar-refractivity contribution in [3.8, 4) is 0 Å². The Labute approximate surface area is 175 Å². The smallest absolute Gasteiger partial charge is 0.157 e. The van der Waals surface area contributed by atoms with E-state index < -0.39 is 0 Å². The maximum atomic E-state index is 13.2. The summed E-state index contributed by atoms with van der Waals surface area (Å²) < 4.78 is 1.68. The molecule has 0 radical (unpaired) electrons. The Morgan fingerprint density at radius 2 is 1.86 bits per heavy atom. The van der Waals surface area contributed by atoms with Crippen molar-refractivity contribution in [2.24, 2.45) is 40.4 Å². The number of hydrogen-bond donors (Lipinski definition) is 1. The molecule has 0 amide bonds. The molecule has 0 bridgehead atoms. The SMILES string of the molecule is CC[C@H]1CC[C@H]2[C@@H]3CC[C@H](C(=O)Cn4cncn4)[C@@]3(C)CC[C@]2(C)[C@H]1CCCO. The van der Waals surface area contributed by atoms with Crippen molar-refractivity contribution < 1.29 is 9.90 Å². The molecule has 3 aliphatic rings. The van der Waals surface area contributed by atoms with Crippen LogP contribution in [0, 0.1) is 40.4 Å². The summed E-state index contributed by atoms with van der Waals surface area (Å²) in [5.74, 6) is 3.45. The third-order valence-electron chi connectivity index (χ3n) is 9.58. The molecule has 4 rings (SSSR count). The molecule has 3 aliphatic carbocycles. The quantitative estimate of drug-likeness (QED) is 0.730. The molecule has 3 fully saturated rings. The number of aliphatic hydroxyl groups is 1. The fraction of sp³-hybridized carbons (Fsp3) is 0.875. The van der Waals surface area contributed by atoms with E-state index in [2.05, 4.69) is 30.9 Å². The normalized spacial score (nSPS) is 41.7. The second-order valence-electron chi connectivity index (χ2n) is 10.6. The predicted molar refractivity (Wildman–Crippen MR) is 113 cm³/mol. The number of carbonyl (C=O) groups is 1. The monoisotopic (exact) mass is 401 g/mol. The van der Waals surface area contributed by atoms with Crippen LogP contribution in [0.25, 0.3) is 0 Å². The van der Waals surface area contributed by atoms with E-state index in [0.29, 0.717) is 30.3 Å². The van der Waals surface area contributed by atoms with Crippen molar-refractivity contribution >= 4 is 5.78 Å². The first-order valence-electron chi connectivity index (χ1n) is 11.9. The first-order valence-corrected chi connectivity index (χ1v) is 11.9. The van der Waals surface area contributed by atoms with E-state index in [1.54, 1.807) is 11.0 Å². The number of ketones is 1. The maximum absolute atomic E-state index is 13.2. The third kappa shape index (κ3) is 3.47. The molecule has 1 aromatic heterocycles. The Hall–Kier alpha value is -1.23. The molecule has 162 valence electrons. The summed E-state index contributed by atoms with van der Waals surface area (Å²) in [4.78, 5) is 17.2. The standard InChI is InChI=1S/C24H39N3O2/c1-4-17-7-8-19-20-9-10-21(22(29)14-27-16-25-15-26-27)24(20,3)12-11-23(19,2)18(17)6-5-13-28/h15-21,28H,4-14H2,1-3H3/t17-,18-,19-,20-,21+,23+,24-/m0/s1. The molecular formula is C24H39N3O2. The number of nitrogens with zero attached hydrogens (tertiary/aromatic N) is 3. The van der Waals surface area contributed by atoms with Gasteiger partial charge in [-0.3, -0.25) is 4.79 Å². The molecule has 0 spiro atoms. The van der Waals surface area contributed by atoms with Gasteiger partial charge in [-0.1, -0.05) is 27.2 Å². The zero-order valence-electron chi connectivity index (χ0n) is 18.5. The first kappa shape index (κ1) is 21.0. The van der Waals surface area contributed by atoms with E-state index in [1.807, 2.05) is 0 Å². The number of aromatic nitrogens is 3. The number of aliphatic hydroxyl groups excluding tert-OH is 1. The Balaban J connectivity index is 1.55. The summed E-state index contributed by atoms with van der Waals surface area (Å²) in [5, 5.41) is 13.6. The average Bonchev–Trinajstić information content (AvgIpc) is 3.33. The minimum Gasteiger partial charge on any atom is -0.396 e. The zero-order chi connectivity index (χ0) is 20.6. The Bertz CT molecular complexity index is 705. The minimum absolute atomic E-state index is 0.141. The fourth-order valence-electron chi connectivity index (χ4n) is 8.07. The molecule has 1 N–H and O–H groups in total. The highest BCUT2D eigenvalue weighted by Gasteiger charge is 2.61. The van der Waals surface area contributed by atoms with Gasteiger partial charge in [-0.2, -0.15) is 5.10 Å². The minimum atomic E-state index is 0.141. The summed E-state index contributed by atoms with van der Waals surface area (Å²) in [7, 11) is 0. The lowest BCUT2D eigenvalue weighted by Crippen LogP contribution is -2.54. The molecule has 5 nitrogen and oxygen atoms in total. The van der Waals surface area contributed by atoms with Crippen LogP contribution in [-0.4, -0.2) is 32.3 Å². The Kier molecular flexibility index (Phi) is 5.89. The average molecular weight is 402 g/mol. The second-order valence-corrected chi connectivity index (χ2v) is 10.6. The Morgan fingerprint density at radius 1 is 1.14 bits per heavy atom. The molecule has 0 saturated heterocycles. The molecule has 29 heavy (non-hydrogen) atoms. The van der Waals surface area contributed by atoms with Crippen LogP contribution in [0.5, 0.6) is 0 Å². The van der Waals surface area contributed by atoms with E-state index in [0.717, 1.165) is 30.6 Å². The summed E-state index contributed by atoms with van der Waals surface area (Å²) in [5.41, 5.74) is 0.518. The molecule has 1 aromatic rings. The van der Waals surface area contributed by atoms with Crippen molar-refractivity contribution in [3.63, 3.8) is 0 Å². The van der Waals surface area contributed by atoms with Crippen molar-refractivity contribution in [3.05, 3.63) is 12.7 Å². The van der Waals surface area contributed by atoms with Crippen LogP contribution in [0.1, 0.15) is 78.6 Å². The maximum Gasteiger partial charge on any atom is 0.157 e. The van der Waals surface area contributed by atoms with Gasteiger partial charge >= 0.3 is 0 Å². The summed E-state index contributed by atoms with van der Waals surface area (Å²) >= 11 is 0. The van der Waals surface area contributed by atoms with Crippen LogP contribution in [-0.2, 0) is 11.3 Å². The van der Waals surface area contributed by atoms with Crippen LogP contribution in [0.15, 0.2) is 12.7 Å². The van der Waals surface area contributed by atoms with E-state index >= 15 is 0 Å². The van der Waals surface area contributed by atoms with E-state index in [-0.39, 0.29) is 11.3 Å². The number of hydrogen-bond acceptors (Lipinski definition) is 4. The highest BCUT2D eigenvalue weighted by atomic mass is 16.2. The van der Waals surface area contributed by atoms with Gasteiger partial charge < -0.3 is 5.11 Å². The van der Waals surface area contributed by atoms with Crippen molar-refractivity contribution in [2.75, 3.05) is 6.61 Å². The lowest BCUT2D eigenvalue weighted by Gasteiger charge is -2.60.